The fourth-order valence-electron chi connectivity index (χ4n) is 1.85. The summed E-state index contributed by atoms with van der Waals surface area (Å²) >= 11 is 0. The molecular weight excluding hydrogens is 198 g/mol. The zero-order valence-electron chi connectivity index (χ0n) is 11.0. The maximum atomic E-state index is 4.64. The second kappa shape index (κ2) is 5.94. The van der Waals surface area contributed by atoms with Gasteiger partial charge in [0.2, 0.25) is 0 Å². The van der Waals surface area contributed by atoms with E-state index >= 15 is 0 Å². The molecule has 3 nitrogen and oxygen atoms in total. The average molecular weight is 221 g/mol. The van der Waals surface area contributed by atoms with Crippen molar-refractivity contribution >= 4 is 0 Å². The molecule has 1 aromatic heterocycles. The van der Waals surface area contributed by atoms with Gasteiger partial charge in [0, 0.05) is 23.9 Å². The largest absolute Gasteiger partial charge is 0.319 e. The van der Waals surface area contributed by atoms with E-state index in [0.29, 0.717) is 11.8 Å². The fraction of sp³-hybridized carbons (Fsp3) is 0.692. The maximum absolute atomic E-state index is 4.64. The number of likely N-dealkylation sites (N-methyl/N-ethyl adjacent to an activating group) is 1. The third kappa shape index (κ3) is 3.27. The van der Waals surface area contributed by atoms with E-state index < -0.39 is 0 Å². The Kier molecular flexibility index (Phi) is 4.87. The molecular formula is C13H23N3. The van der Waals surface area contributed by atoms with Gasteiger partial charge in [-0.05, 0) is 32.4 Å². The lowest BCUT2D eigenvalue weighted by atomic mass is 9.94. The van der Waals surface area contributed by atoms with Crippen molar-refractivity contribution in [3.8, 4) is 0 Å². The van der Waals surface area contributed by atoms with Crippen LogP contribution < -0.4 is 5.32 Å². The van der Waals surface area contributed by atoms with Gasteiger partial charge in [-0.2, -0.15) is 0 Å². The summed E-state index contributed by atoms with van der Waals surface area (Å²) in [6, 6.07) is 2.07. The van der Waals surface area contributed by atoms with Crippen LogP contribution in [0.4, 0.5) is 0 Å². The molecule has 1 rings (SSSR count). The Morgan fingerprint density at radius 3 is 2.50 bits per heavy atom. The van der Waals surface area contributed by atoms with Gasteiger partial charge in [-0.25, -0.2) is 9.97 Å². The Bertz CT molecular complexity index is 334. The predicted octanol–water partition coefficient (Wildman–Crippen LogP) is 2.31. The monoisotopic (exact) mass is 221 g/mol. The first kappa shape index (κ1) is 13.1. The molecule has 0 radical (unpaired) electrons. The number of hydrogen-bond acceptors (Lipinski definition) is 3. The normalized spacial score (nSPS) is 13.1. The maximum Gasteiger partial charge on any atom is 0.133 e. The highest BCUT2D eigenvalue weighted by Crippen LogP contribution is 2.21. The zero-order valence-corrected chi connectivity index (χ0v) is 11.0. The van der Waals surface area contributed by atoms with Gasteiger partial charge in [-0.3, -0.25) is 0 Å². The summed E-state index contributed by atoms with van der Waals surface area (Å²) in [5, 5.41) is 3.22. The van der Waals surface area contributed by atoms with Crippen LogP contribution in [-0.4, -0.2) is 23.6 Å². The van der Waals surface area contributed by atoms with Gasteiger partial charge in [0.15, 0.2) is 0 Å². The van der Waals surface area contributed by atoms with Crippen LogP contribution in [0.15, 0.2) is 6.07 Å². The SMILES string of the molecule is CCc1cc(C)nc(C(CNC)C(C)C)n1. The second-order valence-corrected chi connectivity index (χ2v) is 4.62. The molecule has 0 aliphatic rings. The van der Waals surface area contributed by atoms with Crippen LogP contribution >= 0.6 is 0 Å². The Balaban J connectivity index is 3.03. The highest BCUT2D eigenvalue weighted by Gasteiger charge is 2.18. The molecule has 1 heterocycles. The van der Waals surface area contributed by atoms with E-state index in [1.54, 1.807) is 0 Å². The minimum atomic E-state index is 0.398. The molecule has 1 atom stereocenters. The number of aromatic nitrogens is 2. The van der Waals surface area contributed by atoms with Gasteiger partial charge in [0.05, 0.1) is 0 Å². The molecule has 0 fully saturated rings. The second-order valence-electron chi connectivity index (χ2n) is 4.62. The first-order valence-corrected chi connectivity index (χ1v) is 6.07. The molecule has 0 spiro atoms. The summed E-state index contributed by atoms with van der Waals surface area (Å²) in [5.74, 6) is 1.94. The number of nitrogens with one attached hydrogen (secondary N) is 1. The minimum absolute atomic E-state index is 0.398. The van der Waals surface area contributed by atoms with E-state index in [2.05, 4.69) is 42.1 Å². The number of nitrogens with zero attached hydrogens (tertiary/aromatic N) is 2. The number of rotatable bonds is 5. The lowest BCUT2D eigenvalue weighted by molar-refractivity contribution is 0.455. The molecule has 90 valence electrons. The first-order valence-electron chi connectivity index (χ1n) is 6.07. The fourth-order valence-corrected chi connectivity index (χ4v) is 1.85. The van der Waals surface area contributed by atoms with Crippen molar-refractivity contribution in [3.05, 3.63) is 23.3 Å². The van der Waals surface area contributed by atoms with Gasteiger partial charge in [-0.1, -0.05) is 20.8 Å². The lowest BCUT2D eigenvalue weighted by Gasteiger charge is -2.19. The van der Waals surface area contributed by atoms with Crippen LogP contribution in [0, 0.1) is 12.8 Å². The van der Waals surface area contributed by atoms with Crippen LogP contribution in [0.3, 0.4) is 0 Å². The Hall–Kier alpha value is -0.960. The summed E-state index contributed by atoms with van der Waals surface area (Å²) in [4.78, 5) is 9.21. The van der Waals surface area contributed by atoms with Crippen molar-refractivity contribution in [2.75, 3.05) is 13.6 Å². The number of aryl methyl sites for hydroxylation is 2. The van der Waals surface area contributed by atoms with Gasteiger partial charge in [0.1, 0.15) is 5.82 Å². The van der Waals surface area contributed by atoms with Crippen molar-refractivity contribution < 1.29 is 0 Å². The molecule has 0 amide bonds. The van der Waals surface area contributed by atoms with Crippen molar-refractivity contribution in [1.29, 1.82) is 0 Å². The third-order valence-electron chi connectivity index (χ3n) is 2.85. The molecule has 0 saturated heterocycles. The predicted molar refractivity (Wildman–Crippen MR) is 67.7 cm³/mol. The van der Waals surface area contributed by atoms with E-state index in [1.807, 2.05) is 14.0 Å². The molecule has 1 unspecified atom stereocenters. The standard InChI is InChI=1S/C13H23N3/c1-6-11-7-10(4)15-13(16-11)12(8-14-5)9(2)3/h7,9,12,14H,6,8H2,1-5H3. The van der Waals surface area contributed by atoms with Crippen molar-refractivity contribution in [3.63, 3.8) is 0 Å². The van der Waals surface area contributed by atoms with Crippen LogP contribution in [-0.2, 0) is 6.42 Å². The molecule has 0 aliphatic heterocycles. The molecule has 0 saturated carbocycles. The molecule has 0 aliphatic carbocycles. The molecule has 0 aromatic carbocycles. The van der Waals surface area contributed by atoms with E-state index in [1.165, 1.54) is 0 Å². The first-order chi connectivity index (χ1) is 7.58. The molecule has 1 aromatic rings. The Morgan fingerprint density at radius 1 is 1.31 bits per heavy atom. The quantitative estimate of drug-likeness (QED) is 0.829. The molecule has 1 N–H and O–H groups in total. The Labute approximate surface area is 98.7 Å². The van der Waals surface area contributed by atoms with Crippen LogP contribution in [0.2, 0.25) is 0 Å². The van der Waals surface area contributed by atoms with Crippen LogP contribution in [0.1, 0.15) is 43.9 Å². The van der Waals surface area contributed by atoms with E-state index in [-0.39, 0.29) is 0 Å². The lowest BCUT2D eigenvalue weighted by Crippen LogP contribution is -2.24. The summed E-state index contributed by atoms with van der Waals surface area (Å²) < 4.78 is 0. The van der Waals surface area contributed by atoms with E-state index in [0.717, 1.165) is 30.2 Å². The Morgan fingerprint density at radius 2 is 2.00 bits per heavy atom. The summed E-state index contributed by atoms with van der Waals surface area (Å²) in [6.07, 6.45) is 0.973. The topological polar surface area (TPSA) is 37.8 Å². The van der Waals surface area contributed by atoms with Crippen molar-refractivity contribution in [1.82, 2.24) is 15.3 Å². The highest BCUT2D eigenvalue weighted by atomic mass is 14.9. The van der Waals surface area contributed by atoms with Crippen LogP contribution in [0.5, 0.6) is 0 Å². The zero-order chi connectivity index (χ0) is 12.1. The minimum Gasteiger partial charge on any atom is -0.319 e. The van der Waals surface area contributed by atoms with Gasteiger partial charge in [0.25, 0.3) is 0 Å². The summed E-state index contributed by atoms with van der Waals surface area (Å²) in [6.45, 7) is 9.55. The van der Waals surface area contributed by atoms with Crippen molar-refractivity contribution in [2.45, 2.75) is 40.0 Å². The van der Waals surface area contributed by atoms with Crippen molar-refractivity contribution in [2.24, 2.45) is 5.92 Å². The molecule has 0 bridgehead atoms. The third-order valence-corrected chi connectivity index (χ3v) is 2.85. The smallest absolute Gasteiger partial charge is 0.133 e. The number of hydrogen-bond donors (Lipinski definition) is 1. The molecule has 3 heteroatoms. The van der Waals surface area contributed by atoms with E-state index in [4.69, 9.17) is 0 Å². The highest BCUT2D eigenvalue weighted by molar-refractivity contribution is 5.13. The van der Waals surface area contributed by atoms with Gasteiger partial charge in [-0.15, -0.1) is 0 Å². The van der Waals surface area contributed by atoms with Gasteiger partial charge >= 0.3 is 0 Å². The average Bonchev–Trinajstić information content (AvgIpc) is 2.24. The molecule has 16 heavy (non-hydrogen) atoms. The summed E-state index contributed by atoms with van der Waals surface area (Å²) in [7, 11) is 1.98. The van der Waals surface area contributed by atoms with Gasteiger partial charge < -0.3 is 5.32 Å². The van der Waals surface area contributed by atoms with Crippen LogP contribution in [0.25, 0.3) is 0 Å². The summed E-state index contributed by atoms with van der Waals surface area (Å²) in [5.41, 5.74) is 2.22. The van der Waals surface area contributed by atoms with E-state index in [9.17, 15) is 0 Å².